The molecule has 0 fully saturated rings. The van der Waals surface area contributed by atoms with Crippen LogP contribution in [-0.4, -0.2) is 5.91 Å². The smallest absolute Gasteiger partial charge is 0.255 e. The first-order chi connectivity index (χ1) is 8.65. The molecule has 0 aromatic heterocycles. The van der Waals surface area contributed by atoms with Gasteiger partial charge in [0.2, 0.25) is 0 Å². The number of carbonyl (C=O) groups is 1. The van der Waals surface area contributed by atoms with Gasteiger partial charge >= 0.3 is 0 Å². The van der Waals surface area contributed by atoms with Crippen molar-refractivity contribution >= 4 is 5.91 Å². The molecule has 0 saturated carbocycles. The SMILES string of the molecule is CC1=CC(NC(=O)c2ccccc2)=CC=C(N)C1. The molecule has 0 aliphatic heterocycles. The lowest BCUT2D eigenvalue weighted by Crippen LogP contribution is -2.21. The van der Waals surface area contributed by atoms with Crippen LogP contribution in [0.1, 0.15) is 23.7 Å². The van der Waals surface area contributed by atoms with E-state index in [1.165, 1.54) is 0 Å². The van der Waals surface area contributed by atoms with E-state index in [0.717, 1.165) is 23.4 Å². The largest absolute Gasteiger partial charge is 0.402 e. The number of rotatable bonds is 2. The van der Waals surface area contributed by atoms with Gasteiger partial charge in [0.05, 0.1) is 0 Å². The topological polar surface area (TPSA) is 55.1 Å². The summed E-state index contributed by atoms with van der Waals surface area (Å²) in [7, 11) is 0. The zero-order valence-corrected chi connectivity index (χ0v) is 10.3. The highest BCUT2D eigenvalue weighted by Gasteiger charge is 2.07. The highest BCUT2D eigenvalue weighted by molar-refractivity contribution is 5.95. The van der Waals surface area contributed by atoms with Crippen LogP contribution in [0.3, 0.4) is 0 Å². The third-order valence-electron chi connectivity index (χ3n) is 2.66. The fourth-order valence-corrected chi connectivity index (χ4v) is 1.81. The van der Waals surface area contributed by atoms with Crippen molar-refractivity contribution in [3.63, 3.8) is 0 Å². The van der Waals surface area contributed by atoms with Crippen LogP contribution in [0.2, 0.25) is 0 Å². The molecular weight excluding hydrogens is 224 g/mol. The zero-order valence-electron chi connectivity index (χ0n) is 10.3. The molecule has 0 bridgehead atoms. The lowest BCUT2D eigenvalue weighted by atomic mass is 10.1. The summed E-state index contributed by atoms with van der Waals surface area (Å²) in [5, 5.41) is 2.87. The molecule has 3 nitrogen and oxygen atoms in total. The molecule has 18 heavy (non-hydrogen) atoms. The van der Waals surface area contributed by atoms with Gasteiger partial charge < -0.3 is 11.1 Å². The number of hydrogen-bond acceptors (Lipinski definition) is 2. The van der Waals surface area contributed by atoms with Crippen LogP contribution in [0.5, 0.6) is 0 Å². The number of allylic oxidation sites excluding steroid dienone is 4. The van der Waals surface area contributed by atoms with Crippen LogP contribution in [0.25, 0.3) is 0 Å². The average Bonchev–Trinajstić information content (AvgIpc) is 2.51. The van der Waals surface area contributed by atoms with E-state index in [4.69, 9.17) is 5.73 Å². The van der Waals surface area contributed by atoms with E-state index in [2.05, 4.69) is 5.32 Å². The Morgan fingerprint density at radius 1 is 1.22 bits per heavy atom. The second kappa shape index (κ2) is 5.36. The molecule has 0 saturated heterocycles. The minimum atomic E-state index is -0.111. The van der Waals surface area contributed by atoms with Crippen LogP contribution < -0.4 is 11.1 Å². The summed E-state index contributed by atoms with van der Waals surface area (Å²) in [6, 6.07) is 9.14. The van der Waals surface area contributed by atoms with Crippen LogP contribution >= 0.6 is 0 Å². The molecule has 1 aliphatic carbocycles. The Bertz CT molecular complexity index is 539. The molecular formula is C15H16N2O. The number of carbonyl (C=O) groups excluding carboxylic acids is 1. The molecule has 1 aromatic rings. The molecule has 3 N–H and O–H groups in total. The average molecular weight is 240 g/mol. The van der Waals surface area contributed by atoms with Gasteiger partial charge in [0, 0.05) is 23.4 Å². The van der Waals surface area contributed by atoms with Crippen LogP contribution in [-0.2, 0) is 0 Å². The molecule has 1 aliphatic rings. The minimum absolute atomic E-state index is 0.111. The molecule has 3 heteroatoms. The van der Waals surface area contributed by atoms with Gasteiger partial charge in [-0.15, -0.1) is 0 Å². The van der Waals surface area contributed by atoms with Gasteiger partial charge in [0.15, 0.2) is 0 Å². The van der Waals surface area contributed by atoms with E-state index < -0.39 is 0 Å². The van der Waals surface area contributed by atoms with Gasteiger partial charge in [-0.05, 0) is 37.3 Å². The number of nitrogens with two attached hydrogens (primary N) is 1. The Hall–Kier alpha value is -2.29. The Kier molecular flexibility index (Phi) is 3.63. The lowest BCUT2D eigenvalue weighted by Gasteiger charge is -2.06. The second-order valence-corrected chi connectivity index (χ2v) is 4.35. The van der Waals surface area contributed by atoms with Crippen LogP contribution in [0, 0.1) is 0 Å². The van der Waals surface area contributed by atoms with Gasteiger partial charge in [0.1, 0.15) is 0 Å². The summed E-state index contributed by atoms with van der Waals surface area (Å²) in [5.41, 5.74) is 9.13. The van der Waals surface area contributed by atoms with Crippen molar-refractivity contribution in [2.75, 3.05) is 0 Å². The molecule has 0 unspecified atom stereocenters. The molecule has 2 rings (SSSR count). The summed E-state index contributed by atoms with van der Waals surface area (Å²) in [5.74, 6) is -0.111. The predicted octanol–water partition coefficient (Wildman–Crippen LogP) is 2.49. The molecule has 1 aromatic carbocycles. The Labute approximate surface area is 107 Å². The van der Waals surface area contributed by atoms with Crippen molar-refractivity contribution in [1.29, 1.82) is 0 Å². The van der Waals surface area contributed by atoms with E-state index in [0.29, 0.717) is 5.56 Å². The molecule has 0 radical (unpaired) electrons. The summed E-state index contributed by atoms with van der Waals surface area (Å²) in [4.78, 5) is 12.0. The van der Waals surface area contributed by atoms with Gasteiger partial charge in [0.25, 0.3) is 5.91 Å². The van der Waals surface area contributed by atoms with Crippen molar-refractivity contribution in [2.45, 2.75) is 13.3 Å². The molecule has 92 valence electrons. The monoisotopic (exact) mass is 240 g/mol. The van der Waals surface area contributed by atoms with Gasteiger partial charge in [-0.1, -0.05) is 23.8 Å². The van der Waals surface area contributed by atoms with E-state index in [1.807, 2.05) is 43.4 Å². The molecule has 0 heterocycles. The summed E-state index contributed by atoms with van der Waals surface area (Å²) in [6.45, 7) is 1.99. The van der Waals surface area contributed by atoms with Gasteiger partial charge in [-0.3, -0.25) is 4.79 Å². The third kappa shape index (κ3) is 3.10. The first kappa shape index (κ1) is 12.2. The maximum Gasteiger partial charge on any atom is 0.255 e. The minimum Gasteiger partial charge on any atom is -0.402 e. The predicted molar refractivity (Wildman–Crippen MR) is 72.6 cm³/mol. The Morgan fingerprint density at radius 3 is 2.67 bits per heavy atom. The van der Waals surface area contributed by atoms with Crippen molar-refractivity contribution in [3.8, 4) is 0 Å². The zero-order chi connectivity index (χ0) is 13.0. The Morgan fingerprint density at radius 2 is 1.94 bits per heavy atom. The second-order valence-electron chi connectivity index (χ2n) is 4.35. The summed E-state index contributed by atoms with van der Waals surface area (Å²) in [6.07, 6.45) is 6.33. The van der Waals surface area contributed by atoms with Crippen LogP contribution in [0.4, 0.5) is 0 Å². The number of benzene rings is 1. The number of hydrogen-bond donors (Lipinski definition) is 2. The van der Waals surface area contributed by atoms with Gasteiger partial charge in [-0.25, -0.2) is 0 Å². The van der Waals surface area contributed by atoms with E-state index in [1.54, 1.807) is 12.1 Å². The molecule has 1 amide bonds. The first-order valence-corrected chi connectivity index (χ1v) is 5.85. The quantitative estimate of drug-likeness (QED) is 0.834. The highest BCUT2D eigenvalue weighted by Crippen LogP contribution is 2.13. The van der Waals surface area contributed by atoms with Gasteiger partial charge in [-0.2, -0.15) is 0 Å². The van der Waals surface area contributed by atoms with E-state index in [-0.39, 0.29) is 5.91 Å². The normalized spacial score (nSPS) is 15.1. The Balaban J connectivity index is 2.15. The molecule has 0 spiro atoms. The summed E-state index contributed by atoms with van der Waals surface area (Å²) < 4.78 is 0. The fraction of sp³-hybridized carbons (Fsp3) is 0.133. The number of amides is 1. The third-order valence-corrected chi connectivity index (χ3v) is 2.66. The summed E-state index contributed by atoms with van der Waals surface area (Å²) >= 11 is 0. The maximum absolute atomic E-state index is 12.0. The van der Waals surface area contributed by atoms with E-state index in [9.17, 15) is 4.79 Å². The number of nitrogens with one attached hydrogen (secondary N) is 1. The molecule has 0 atom stereocenters. The van der Waals surface area contributed by atoms with Crippen molar-refractivity contribution < 1.29 is 4.79 Å². The lowest BCUT2D eigenvalue weighted by molar-refractivity contribution is 0.0967. The first-order valence-electron chi connectivity index (χ1n) is 5.85. The maximum atomic E-state index is 12.0. The van der Waals surface area contributed by atoms with Crippen molar-refractivity contribution in [2.24, 2.45) is 5.73 Å². The van der Waals surface area contributed by atoms with E-state index >= 15 is 0 Å². The highest BCUT2D eigenvalue weighted by atomic mass is 16.1. The van der Waals surface area contributed by atoms with Crippen molar-refractivity contribution in [3.05, 3.63) is 71.1 Å². The van der Waals surface area contributed by atoms with Crippen molar-refractivity contribution in [1.82, 2.24) is 5.32 Å². The van der Waals surface area contributed by atoms with Crippen LogP contribution in [0.15, 0.2) is 65.5 Å². The fourth-order valence-electron chi connectivity index (χ4n) is 1.81. The standard InChI is InChI=1S/C15H16N2O/c1-11-9-13(16)7-8-14(10-11)17-15(18)12-5-3-2-4-6-12/h2-8,10H,9,16H2,1H3,(H,17,18).